The van der Waals surface area contributed by atoms with E-state index < -0.39 is 0 Å². The summed E-state index contributed by atoms with van der Waals surface area (Å²) in [7, 11) is 0. The van der Waals surface area contributed by atoms with E-state index in [-0.39, 0.29) is 0 Å². The number of rotatable bonds is 5. The molecular formula is C48H30N2O. The van der Waals surface area contributed by atoms with Crippen LogP contribution in [0.3, 0.4) is 0 Å². The van der Waals surface area contributed by atoms with Crippen molar-refractivity contribution in [1.82, 2.24) is 9.97 Å². The van der Waals surface area contributed by atoms with Gasteiger partial charge in [-0.05, 0) is 63.0 Å². The first-order chi connectivity index (χ1) is 25.3. The highest BCUT2D eigenvalue weighted by Gasteiger charge is 2.19. The third kappa shape index (κ3) is 5.06. The van der Waals surface area contributed by atoms with E-state index in [0.29, 0.717) is 5.82 Å². The monoisotopic (exact) mass is 650 g/mol. The summed E-state index contributed by atoms with van der Waals surface area (Å²) in [6.07, 6.45) is 0. The van der Waals surface area contributed by atoms with Gasteiger partial charge < -0.3 is 4.42 Å². The van der Waals surface area contributed by atoms with Crippen molar-refractivity contribution in [2.75, 3.05) is 0 Å². The van der Waals surface area contributed by atoms with Crippen LogP contribution in [0.25, 0.3) is 99.6 Å². The van der Waals surface area contributed by atoms with Crippen LogP contribution in [-0.4, -0.2) is 9.97 Å². The van der Waals surface area contributed by atoms with Crippen molar-refractivity contribution < 1.29 is 4.42 Å². The van der Waals surface area contributed by atoms with Gasteiger partial charge in [0.15, 0.2) is 5.82 Å². The maximum Gasteiger partial charge on any atom is 0.161 e. The smallest absolute Gasteiger partial charge is 0.161 e. The van der Waals surface area contributed by atoms with Gasteiger partial charge in [-0.3, -0.25) is 0 Å². The number of nitrogens with zero attached hydrogens (tertiary/aromatic N) is 2. The second kappa shape index (κ2) is 11.9. The molecule has 0 radical (unpaired) electrons. The molecule has 8 aromatic carbocycles. The molecule has 0 unspecified atom stereocenters. The summed E-state index contributed by atoms with van der Waals surface area (Å²) in [6, 6.07) is 63.8. The highest BCUT2D eigenvalue weighted by Crippen LogP contribution is 2.41. The minimum absolute atomic E-state index is 0.691. The largest absolute Gasteiger partial charge is 0.455 e. The van der Waals surface area contributed by atoms with Crippen LogP contribution in [0.15, 0.2) is 186 Å². The Morgan fingerprint density at radius 2 is 0.843 bits per heavy atom. The molecule has 0 amide bonds. The number of hydrogen-bond acceptors (Lipinski definition) is 3. The molecule has 0 fully saturated rings. The van der Waals surface area contributed by atoms with E-state index in [2.05, 4.69) is 164 Å². The minimum Gasteiger partial charge on any atom is -0.455 e. The van der Waals surface area contributed by atoms with Crippen molar-refractivity contribution in [3.63, 3.8) is 0 Å². The van der Waals surface area contributed by atoms with Gasteiger partial charge in [-0.15, -0.1) is 0 Å². The first kappa shape index (κ1) is 29.1. The molecule has 2 aromatic heterocycles. The van der Waals surface area contributed by atoms with Crippen molar-refractivity contribution in [1.29, 1.82) is 0 Å². The van der Waals surface area contributed by atoms with Crippen LogP contribution >= 0.6 is 0 Å². The van der Waals surface area contributed by atoms with Gasteiger partial charge in [-0.25, -0.2) is 9.97 Å². The normalized spacial score (nSPS) is 11.5. The van der Waals surface area contributed by atoms with Gasteiger partial charge in [0, 0.05) is 32.7 Å². The minimum atomic E-state index is 0.691. The maximum absolute atomic E-state index is 6.59. The number of furan rings is 1. The fraction of sp³-hybridized carbons (Fsp3) is 0. The lowest BCUT2D eigenvalue weighted by Crippen LogP contribution is -1.96. The third-order valence-corrected chi connectivity index (χ3v) is 9.91. The predicted octanol–water partition coefficient (Wildman–Crippen LogP) is 13.0. The molecule has 3 heteroatoms. The molecule has 10 aromatic rings. The number of benzene rings is 8. The summed E-state index contributed by atoms with van der Waals surface area (Å²) in [5.74, 6) is 0.691. The molecule has 10 rings (SSSR count). The Morgan fingerprint density at radius 3 is 1.51 bits per heavy atom. The van der Waals surface area contributed by atoms with Gasteiger partial charge in [0.2, 0.25) is 0 Å². The highest BCUT2D eigenvalue weighted by molar-refractivity contribution is 6.19. The molecular weight excluding hydrogens is 621 g/mol. The van der Waals surface area contributed by atoms with E-state index in [1.165, 1.54) is 22.3 Å². The first-order valence-corrected chi connectivity index (χ1v) is 17.2. The summed E-state index contributed by atoms with van der Waals surface area (Å²) < 4.78 is 6.59. The van der Waals surface area contributed by atoms with Gasteiger partial charge in [-0.1, -0.05) is 158 Å². The molecule has 0 aliphatic rings. The molecule has 0 aliphatic carbocycles. The predicted molar refractivity (Wildman–Crippen MR) is 212 cm³/mol. The van der Waals surface area contributed by atoms with Crippen LogP contribution in [-0.2, 0) is 0 Å². The standard InChI is InChI=1S/C48H30N2O/c1-3-11-31(12-4-1)33-19-21-35(22-20-33)37-27-28-45-41(29-37)42-30-43(38-15-7-8-16-39(38)47(42)51-45)48-49-44-18-10-9-17-40(44)46(50-48)36-25-23-34(24-26-36)32-13-5-2-6-14-32/h1-30H. The second-order valence-electron chi connectivity index (χ2n) is 13.0. The van der Waals surface area contributed by atoms with E-state index >= 15 is 0 Å². The second-order valence-corrected chi connectivity index (χ2v) is 13.0. The zero-order chi connectivity index (χ0) is 33.7. The van der Waals surface area contributed by atoms with Crippen LogP contribution in [0.5, 0.6) is 0 Å². The molecule has 0 spiro atoms. The Labute approximate surface area is 295 Å². The van der Waals surface area contributed by atoms with Gasteiger partial charge in [-0.2, -0.15) is 0 Å². The molecule has 238 valence electrons. The van der Waals surface area contributed by atoms with Gasteiger partial charge in [0.25, 0.3) is 0 Å². The van der Waals surface area contributed by atoms with E-state index in [4.69, 9.17) is 14.4 Å². The van der Waals surface area contributed by atoms with Gasteiger partial charge >= 0.3 is 0 Å². The van der Waals surface area contributed by atoms with Gasteiger partial charge in [0.05, 0.1) is 11.2 Å². The summed E-state index contributed by atoms with van der Waals surface area (Å²) in [6.45, 7) is 0. The average Bonchev–Trinajstić information content (AvgIpc) is 3.59. The zero-order valence-electron chi connectivity index (χ0n) is 27.6. The van der Waals surface area contributed by atoms with Crippen molar-refractivity contribution in [3.8, 4) is 56.0 Å². The van der Waals surface area contributed by atoms with Crippen molar-refractivity contribution in [3.05, 3.63) is 182 Å². The van der Waals surface area contributed by atoms with Crippen LogP contribution < -0.4 is 0 Å². The molecule has 2 heterocycles. The Balaban J connectivity index is 1.13. The van der Waals surface area contributed by atoms with Crippen LogP contribution in [0.2, 0.25) is 0 Å². The lowest BCUT2D eigenvalue weighted by Gasteiger charge is -2.12. The molecule has 0 aliphatic heterocycles. The van der Waals surface area contributed by atoms with E-state index in [1.807, 2.05) is 18.2 Å². The lowest BCUT2D eigenvalue weighted by atomic mass is 9.97. The molecule has 0 N–H and O–H groups in total. The average molecular weight is 651 g/mol. The number of aromatic nitrogens is 2. The van der Waals surface area contributed by atoms with Gasteiger partial charge in [0.1, 0.15) is 11.2 Å². The first-order valence-electron chi connectivity index (χ1n) is 17.2. The summed E-state index contributed by atoms with van der Waals surface area (Å²) in [4.78, 5) is 10.5. The van der Waals surface area contributed by atoms with Crippen molar-refractivity contribution in [2.45, 2.75) is 0 Å². The highest BCUT2D eigenvalue weighted by atomic mass is 16.3. The van der Waals surface area contributed by atoms with Crippen LogP contribution in [0, 0.1) is 0 Å². The zero-order valence-corrected chi connectivity index (χ0v) is 27.6. The summed E-state index contributed by atoms with van der Waals surface area (Å²) in [5.41, 5.74) is 12.7. The SMILES string of the molecule is c1ccc(-c2ccc(-c3ccc4oc5c6ccccc6c(-c6nc(-c7ccc(-c8ccccc8)cc7)c7ccccc7n6)cc5c4c3)cc2)cc1. The fourth-order valence-electron chi connectivity index (χ4n) is 7.32. The topological polar surface area (TPSA) is 38.9 Å². The third-order valence-electron chi connectivity index (χ3n) is 9.91. The fourth-order valence-corrected chi connectivity index (χ4v) is 7.32. The molecule has 0 bridgehead atoms. The van der Waals surface area contributed by atoms with Crippen LogP contribution in [0.4, 0.5) is 0 Å². The Morgan fingerprint density at radius 1 is 0.333 bits per heavy atom. The Bertz CT molecular complexity index is 2870. The summed E-state index contributed by atoms with van der Waals surface area (Å²) in [5, 5.41) is 5.24. The molecule has 51 heavy (non-hydrogen) atoms. The Hall–Kier alpha value is -6.84. The van der Waals surface area contributed by atoms with E-state index in [1.54, 1.807) is 0 Å². The van der Waals surface area contributed by atoms with Crippen LogP contribution in [0.1, 0.15) is 0 Å². The lowest BCUT2D eigenvalue weighted by molar-refractivity contribution is 0.673. The van der Waals surface area contributed by atoms with E-state index in [0.717, 1.165) is 71.6 Å². The van der Waals surface area contributed by atoms with Crippen molar-refractivity contribution in [2.24, 2.45) is 0 Å². The molecule has 0 saturated heterocycles. The number of para-hydroxylation sites is 1. The van der Waals surface area contributed by atoms with E-state index in [9.17, 15) is 0 Å². The molecule has 0 saturated carbocycles. The van der Waals surface area contributed by atoms with Crippen molar-refractivity contribution >= 4 is 43.6 Å². The number of hydrogen-bond donors (Lipinski definition) is 0. The Kier molecular flexibility index (Phi) is 6.81. The summed E-state index contributed by atoms with van der Waals surface area (Å²) >= 11 is 0. The molecule has 0 atom stereocenters. The number of fused-ring (bicyclic) bond motifs is 6. The maximum atomic E-state index is 6.59. The molecule has 3 nitrogen and oxygen atoms in total. The quantitative estimate of drug-likeness (QED) is 0.186.